The highest BCUT2D eigenvalue weighted by molar-refractivity contribution is 6.06. The number of nitrogens with one attached hydrogen (secondary N) is 1. The predicted molar refractivity (Wildman–Crippen MR) is 106 cm³/mol. The normalized spacial score (nSPS) is 12.0. The van der Waals surface area contributed by atoms with Gasteiger partial charge in [0.2, 0.25) is 0 Å². The van der Waals surface area contributed by atoms with Gasteiger partial charge >= 0.3 is 5.97 Å². The van der Waals surface area contributed by atoms with Crippen molar-refractivity contribution in [3.05, 3.63) is 84.2 Å². The van der Waals surface area contributed by atoms with Crippen molar-refractivity contribution >= 4 is 33.7 Å². The number of hydrogen-bond acceptors (Lipinski definition) is 4. The van der Waals surface area contributed by atoms with Crippen LogP contribution in [0.1, 0.15) is 16.1 Å². The van der Waals surface area contributed by atoms with Crippen molar-refractivity contribution in [1.29, 1.82) is 0 Å². The number of carbonyl (C=O) groups is 2. The number of amides is 1. The molecule has 0 fully saturated rings. The van der Waals surface area contributed by atoms with Gasteiger partial charge in [0.25, 0.3) is 5.91 Å². The maximum absolute atomic E-state index is 12.7. The number of nitrogens with zero attached hydrogens (tertiary/aromatic N) is 2. The van der Waals surface area contributed by atoms with Crippen molar-refractivity contribution in [2.75, 3.05) is 0 Å². The number of fused-ring (bicyclic) bond motifs is 2. The van der Waals surface area contributed by atoms with Crippen molar-refractivity contribution < 1.29 is 14.7 Å². The number of aliphatic carboxylic acids is 1. The highest BCUT2D eigenvalue weighted by atomic mass is 16.4. The summed E-state index contributed by atoms with van der Waals surface area (Å²) in [6, 6.07) is 19.1. The quantitative estimate of drug-likeness (QED) is 0.562. The summed E-state index contributed by atoms with van der Waals surface area (Å²) in [6.45, 7) is 0. The molecule has 0 aliphatic heterocycles. The fourth-order valence-electron chi connectivity index (χ4n) is 3.15. The third-order valence-corrected chi connectivity index (χ3v) is 4.55. The van der Waals surface area contributed by atoms with Gasteiger partial charge in [-0.2, -0.15) is 0 Å². The molecule has 2 aromatic carbocycles. The Balaban J connectivity index is 1.59. The number of hydrogen-bond donors (Lipinski definition) is 2. The van der Waals surface area contributed by atoms with Crippen LogP contribution in [-0.4, -0.2) is 33.0 Å². The SMILES string of the molecule is O=C(N[C@H](Cc1ccc2ccccc2n1)C(=O)O)c1cccc2cccnc12. The molecule has 2 N–H and O–H groups in total. The first-order valence-corrected chi connectivity index (χ1v) is 8.84. The van der Waals surface area contributed by atoms with E-state index in [-0.39, 0.29) is 6.42 Å². The lowest BCUT2D eigenvalue weighted by Crippen LogP contribution is -2.42. The third kappa shape index (κ3) is 3.53. The van der Waals surface area contributed by atoms with E-state index in [2.05, 4.69) is 15.3 Å². The molecule has 0 saturated carbocycles. The zero-order chi connectivity index (χ0) is 19.5. The zero-order valence-electron chi connectivity index (χ0n) is 14.9. The molecular formula is C22H17N3O3. The molecule has 0 aliphatic carbocycles. The van der Waals surface area contributed by atoms with Gasteiger partial charge in [-0.3, -0.25) is 14.8 Å². The standard InChI is InChI=1S/C22H17N3O3/c26-21(17-8-3-6-15-7-4-12-23-20(15)17)25-19(22(27)28)13-16-11-10-14-5-1-2-9-18(14)24-16/h1-12,19H,13H2,(H,25,26)(H,27,28)/t19-/m1/s1. The minimum absolute atomic E-state index is 0.0874. The summed E-state index contributed by atoms with van der Waals surface area (Å²) in [7, 11) is 0. The maximum atomic E-state index is 12.7. The Morgan fingerprint density at radius 1 is 0.929 bits per heavy atom. The van der Waals surface area contributed by atoms with Gasteiger partial charge in [-0.25, -0.2) is 4.79 Å². The van der Waals surface area contributed by atoms with Gasteiger partial charge in [-0.1, -0.05) is 42.5 Å². The van der Waals surface area contributed by atoms with E-state index in [1.54, 1.807) is 30.5 Å². The van der Waals surface area contributed by atoms with Crippen LogP contribution in [0.3, 0.4) is 0 Å². The summed E-state index contributed by atoms with van der Waals surface area (Å²) in [4.78, 5) is 33.2. The number of para-hydroxylation sites is 2. The molecule has 1 amide bonds. The Hall–Kier alpha value is -3.80. The van der Waals surface area contributed by atoms with Gasteiger partial charge in [0.15, 0.2) is 0 Å². The van der Waals surface area contributed by atoms with Gasteiger partial charge in [0.05, 0.1) is 16.6 Å². The Morgan fingerprint density at radius 3 is 2.57 bits per heavy atom. The van der Waals surface area contributed by atoms with Crippen molar-refractivity contribution in [1.82, 2.24) is 15.3 Å². The van der Waals surface area contributed by atoms with E-state index in [0.29, 0.717) is 16.8 Å². The largest absolute Gasteiger partial charge is 0.480 e. The molecular weight excluding hydrogens is 354 g/mol. The smallest absolute Gasteiger partial charge is 0.326 e. The van der Waals surface area contributed by atoms with Gasteiger partial charge in [0, 0.05) is 29.1 Å². The van der Waals surface area contributed by atoms with Crippen LogP contribution in [0.4, 0.5) is 0 Å². The first-order valence-electron chi connectivity index (χ1n) is 8.84. The monoisotopic (exact) mass is 371 g/mol. The molecule has 4 aromatic rings. The van der Waals surface area contributed by atoms with E-state index in [1.807, 2.05) is 42.5 Å². The van der Waals surface area contributed by atoms with Crippen LogP contribution in [0.15, 0.2) is 72.9 Å². The molecule has 28 heavy (non-hydrogen) atoms. The van der Waals surface area contributed by atoms with Crippen LogP contribution in [-0.2, 0) is 11.2 Å². The lowest BCUT2D eigenvalue weighted by molar-refractivity contribution is -0.139. The van der Waals surface area contributed by atoms with E-state index in [9.17, 15) is 14.7 Å². The Morgan fingerprint density at radius 2 is 1.71 bits per heavy atom. The topological polar surface area (TPSA) is 92.2 Å². The second-order valence-corrected chi connectivity index (χ2v) is 6.44. The molecule has 4 rings (SSSR count). The van der Waals surface area contributed by atoms with Crippen molar-refractivity contribution in [2.45, 2.75) is 12.5 Å². The van der Waals surface area contributed by atoms with Gasteiger partial charge < -0.3 is 10.4 Å². The highest BCUT2D eigenvalue weighted by Crippen LogP contribution is 2.17. The average Bonchev–Trinajstić information content (AvgIpc) is 2.72. The van der Waals surface area contributed by atoms with E-state index in [0.717, 1.165) is 16.3 Å². The molecule has 0 radical (unpaired) electrons. The lowest BCUT2D eigenvalue weighted by Gasteiger charge is -2.15. The Kier molecular flexibility index (Phi) is 4.68. The van der Waals surface area contributed by atoms with Crippen LogP contribution >= 0.6 is 0 Å². The van der Waals surface area contributed by atoms with Crippen LogP contribution < -0.4 is 5.32 Å². The molecule has 138 valence electrons. The number of rotatable bonds is 5. The van der Waals surface area contributed by atoms with Crippen molar-refractivity contribution in [2.24, 2.45) is 0 Å². The third-order valence-electron chi connectivity index (χ3n) is 4.55. The minimum Gasteiger partial charge on any atom is -0.480 e. The van der Waals surface area contributed by atoms with Gasteiger partial charge in [0.1, 0.15) is 6.04 Å². The second-order valence-electron chi connectivity index (χ2n) is 6.44. The molecule has 0 spiro atoms. The number of aromatic nitrogens is 2. The molecule has 2 aromatic heterocycles. The molecule has 0 unspecified atom stereocenters. The van der Waals surface area contributed by atoms with Gasteiger partial charge in [-0.15, -0.1) is 0 Å². The molecule has 1 atom stereocenters. The number of carboxylic acids is 1. The average molecular weight is 371 g/mol. The van der Waals surface area contributed by atoms with Crippen LogP contribution in [0.25, 0.3) is 21.8 Å². The zero-order valence-corrected chi connectivity index (χ0v) is 14.9. The molecule has 2 heterocycles. The first-order chi connectivity index (χ1) is 13.6. The van der Waals surface area contributed by atoms with E-state index in [1.165, 1.54) is 0 Å². The summed E-state index contributed by atoms with van der Waals surface area (Å²) in [5.74, 6) is -1.59. The van der Waals surface area contributed by atoms with E-state index < -0.39 is 17.9 Å². The number of benzene rings is 2. The first kappa shape index (κ1) is 17.6. The van der Waals surface area contributed by atoms with Crippen LogP contribution in [0.2, 0.25) is 0 Å². The predicted octanol–water partition coefficient (Wildman–Crippen LogP) is 3.21. The fourth-order valence-corrected chi connectivity index (χ4v) is 3.15. The maximum Gasteiger partial charge on any atom is 0.326 e. The number of carboxylic acid groups (broad SMARTS) is 1. The number of pyridine rings is 2. The van der Waals surface area contributed by atoms with Crippen molar-refractivity contribution in [3.8, 4) is 0 Å². The van der Waals surface area contributed by atoms with E-state index >= 15 is 0 Å². The summed E-state index contributed by atoms with van der Waals surface area (Å²) in [5.41, 5.74) is 2.27. The Labute approximate surface area is 160 Å². The lowest BCUT2D eigenvalue weighted by atomic mass is 10.1. The van der Waals surface area contributed by atoms with Gasteiger partial charge in [-0.05, 0) is 24.3 Å². The van der Waals surface area contributed by atoms with E-state index in [4.69, 9.17) is 0 Å². The summed E-state index contributed by atoms with van der Waals surface area (Å²) < 4.78 is 0. The minimum atomic E-state index is -1.11. The molecule has 6 heteroatoms. The fraction of sp³-hybridized carbons (Fsp3) is 0.0909. The summed E-state index contributed by atoms with van der Waals surface area (Å²) in [5, 5.41) is 14.0. The van der Waals surface area contributed by atoms with Crippen molar-refractivity contribution in [3.63, 3.8) is 0 Å². The molecule has 0 saturated heterocycles. The second kappa shape index (κ2) is 7.44. The Bertz CT molecular complexity index is 1180. The summed E-state index contributed by atoms with van der Waals surface area (Å²) in [6.07, 6.45) is 1.69. The highest BCUT2D eigenvalue weighted by Gasteiger charge is 2.23. The van der Waals surface area contributed by atoms with Crippen LogP contribution in [0, 0.1) is 0 Å². The molecule has 6 nitrogen and oxygen atoms in total. The molecule has 0 aliphatic rings. The van der Waals surface area contributed by atoms with Crippen LogP contribution in [0.5, 0.6) is 0 Å². The number of carbonyl (C=O) groups excluding carboxylic acids is 1. The molecule has 0 bridgehead atoms. The summed E-state index contributed by atoms with van der Waals surface area (Å²) >= 11 is 0.